The van der Waals surface area contributed by atoms with E-state index in [1.807, 2.05) is 12.4 Å². The third-order valence-electron chi connectivity index (χ3n) is 2.59. The van der Waals surface area contributed by atoms with Crippen LogP contribution in [-0.2, 0) is 6.54 Å². The van der Waals surface area contributed by atoms with Crippen LogP contribution >= 0.6 is 15.9 Å². The molecular weight excluding hydrogens is 252 g/mol. The molecule has 1 aromatic carbocycles. The zero-order valence-electron chi connectivity index (χ0n) is 8.91. The summed E-state index contributed by atoms with van der Waals surface area (Å²) in [6.45, 7) is 3.29. The molecule has 0 aliphatic heterocycles. The van der Waals surface area contributed by atoms with Crippen LogP contribution < -0.4 is 0 Å². The summed E-state index contributed by atoms with van der Waals surface area (Å²) in [4.78, 5) is 4.39. The van der Waals surface area contributed by atoms with Gasteiger partial charge in [0.15, 0.2) is 0 Å². The average Bonchev–Trinajstić information content (AvgIpc) is 2.63. The van der Waals surface area contributed by atoms with Crippen molar-refractivity contribution in [3.8, 4) is 0 Å². The van der Waals surface area contributed by atoms with Gasteiger partial charge in [-0.25, -0.2) is 4.98 Å². The Morgan fingerprint density at radius 3 is 3.00 bits per heavy atom. The summed E-state index contributed by atoms with van der Waals surface area (Å²) in [5.74, 6) is 0. The first kappa shape index (κ1) is 10.7. The van der Waals surface area contributed by atoms with E-state index >= 15 is 0 Å². The van der Waals surface area contributed by atoms with E-state index in [-0.39, 0.29) is 0 Å². The smallest absolute Gasteiger partial charge is 0.0958 e. The van der Waals surface area contributed by atoms with Crippen molar-refractivity contribution in [1.82, 2.24) is 9.55 Å². The van der Waals surface area contributed by atoms with Gasteiger partial charge in [-0.2, -0.15) is 0 Å². The van der Waals surface area contributed by atoms with Gasteiger partial charge in [0.1, 0.15) is 0 Å². The van der Waals surface area contributed by atoms with E-state index in [1.165, 1.54) is 24.8 Å². The number of halogens is 1. The number of benzene rings is 1. The summed E-state index contributed by atoms with van der Waals surface area (Å²) in [6, 6.07) is 6.15. The summed E-state index contributed by atoms with van der Waals surface area (Å²) < 4.78 is 3.36. The van der Waals surface area contributed by atoms with Gasteiger partial charge in [0.05, 0.1) is 17.4 Å². The number of unbranched alkanes of at least 4 members (excludes halogenated alkanes) is 2. The molecule has 0 spiro atoms. The lowest BCUT2D eigenvalue weighted by Crippen LogP contribution is -1.96. The van der Waals surface area contributed by atoms with Crippen LogP contribution in [0.5, 0.6) is 0 Å². The molecule has 0 amide bonds. The van der Waals surface area contributed by atoms with Gasteiger partial charge in [-0.05, 0) is 34.5 Å². The Morgan fingerprint density at radius 1 is 1.33 bits per heavy atom. The standard InChI is InChI=1S/C12H15BrN2/c1-2-3-4-8-15-9-14-11-7-5-6-10(13)12(11)15/h5-7,9H,2-4,8H2,1H3. The second kappa shape index (κ2) is 4.79. The number of aryl methyl sites for hydroxylation is 1. The molecular formula is C12H15BrN2. The van der Waals surface area contributed by atoms with Crippen molar-refractivity contribution in [2.24, 2.45) is 0 Å². The average molecular weight is 267 g/mol. The highest BCUT2D eigenvalue weighted by Crippen LogP contribution is 2.23. The van der Waals surface area contributed by atoms with Crippen molar-refractivity contribution < 1.29 is 0 Å². The van der Waals surface area contributed by atoms with E-state index in [2.05, 4.69) is 44.5 Å². The molecule has 0 atom stereocenters. The van der Waals surface area contributed by atoms with Gasteiger partial charge in [-0.1, -0.05) is 25.8 Å². The quantitative estimate of drug-likeness (QED) is 0.766. The van der Waals surface area contributed by atoms with Crippen molar-refractivity contribution >= 4 is 27.0 Å². The molecule has 1 heterocycles. The largest absolute Gasteiger partial charge is 0.330 e. The third kappa shape index (κ3) is 2.23. The van der Waals surface area contributed by atoms with E-state index in [9.17, 15) is 0 Å². The van der Waals surface area contributed by atoms with Crippen LogP contribution in [0.15, 0.2) is 29.0 Å². The van der Waals surface area contributed by atoms with Crippen molar-refractivity contribution in [2.45, 2.75) is 32.7 Å². The highest BCUT2D eigenvalue weighted by atomic mass is 79.9. The van der Waals surface area contributed by atoms with E-state index in [4.69, 9.17) is 0 Å². The maximum absolute atomic E-state index is 4.39. The fourth-order valence-electron chi connectivity index (χ4n) is 1.78. The summed E-state index contributed by atoms with van der Waals surface area (Å²) in [5, 5.41) is 0. The van der Waals surface area contributed by atoms with Gasteiger partial charge >= 0.3 is 0 Å². The molecule has 0 radical (unpaired) electrons. The number of imidazole rings is 1. The van der Waals surface area contributed by atoms with Crippen molar-refractivity contribution in [1.29, 1.82) is 0 Å². The molecule has 15 heavy (non-hydrogen) atoms. The summed E-state index contributed by atoms with van der Waals surface area (Å²) in [6.07, 6.45) is 5.70. The Bertz CT molecular complexity index is 448. The minimum absolute atomic E-state index is 1.06. The van der Waals surface area contributed by atoms with Gasteiger partial charge in [0.25, 0.3) is 0 Å². The van der Waals surface area contributed by atoms with Gasteiger partial charge in [0, 0.05) is 11.0 Å². The lowest BCUT2D eigenvalue weighted by atomic mass is 10.2. The van der Waals surface area contributed by atoms with Crippen LogP contribution in [0.4, 0.5) is 0 Å². The maximum atomic E-state index is 4.39. The zero-order valence-corrected chi connectivity index (χ0v) is 10.5. The van der Waals surface area contributed by atoms with Crippen LogP contribution in [-0.4, -0.2) is 9.55 Å². The van der Waals surface area contributed by atoms with Gasteiger partial charge in [0.2, 0.25) is 0 Å². The SMILES string of the molecule is CCCCCn1cnc2cccc(Br)c21. The molecule has 0 aliphatic rings. The van der Waals surface area contributed by atoms with Crippen molar-refractivity contribution in [3.63, 3.8) is 0 Å². The Balaban J connectivity index is 2.27. The molecule has 0 unspecified atom stereocenters. The molecule has 2 aromatic rings. The van der Waals surface area contributed by atoms with Crippen LogP contribution in [0.2, 0.25) is 0 Å². The fraction of sp³-hybridized carbons (Fsp3) is 0.417. The number of rotatable bonds is 4. The number of hydrogen-bond acceptors (Lipinski definition) is 1. The molecule has 80 valence electrons. The second-order valence-corrected chi connectivity index (χ2v) is 4.61. The number of hydrogen-bond donors (Lipinski definition) is 0. The van der Waals surface area contributed by atoms with Crippen molar-refractivity contribution in [3.05, 3.63) is 29.0 Å². The second-order valence-electron chi connectivity index (χ2n) is 3.75. The monoisotopic (exact) mass is 266 g/mol. The van der Waals surface area contributed by atoms with Gasteiger partial charge < -0.3 is 4.57 Å². The molecule has 0 saturated heterocycles. The lowest BCUT2D eigenvalue weighted by molar-refractivity contribution is 0.613. The Labute approximate surface area is 98.4 Å². The van der Waals surface area contributed by atoms with E-state index < -0.39 is 0 Å². The minimum atomic E-state index is 1.06. The maximum Gasteiger partial charge on any atom is 0.0958 e. The Morgan fingerprint density at radius 2 is 2.20 bits per heavy atom. The topological polar surface area (TPSA) is 17.8 Å². The van der Waals surface area contributed by atoms with Crippen LogP contribution in [0.3, 0.4) is 0 Å². The Hall–Kier alpha value is -0.830. The minimum Gasteiger partial charge on any atom is -0.330 e. The zero-order chi connectivity index (χ0) is 10.7. The van der Waals surface area contributed by atoms with Gasteiger partial charge in [-0.15, -0.1) is 0 Å². The molecule has 1 aromatic heterocycles. The van der Waals surface area contributed by atoms with Crippen LogP contribution in [0, 0.1) is 0 Å². The highest BCUT2D eigenvalue weighted by Gasteiger charge is 2.04. The van der Waals surface area contributed by atoms with E-state index in [1.54, 1.807) is 0 Å². The summed E-state index contributed by atoms with van der Waals surface area (Å²) >= 11 is 3.58. The van der Waals surface area contributed by atoms with Gasteiger partial charge in [-0.3, -0.25) is 0 Å². The molecule has 0 bridgehead atoms. The summed E-state index contributed by atoms with van der Waals surface area (Å²) in [7, 11) is 0. The number of fused-ring (bicyclic) bond motifs is 1. The van der Waals surface area contributed by atoms with Crippen molar-refractivity contribution in [2.75, 3.05) is 0 Å². The lowest BCUT2D eigenvalue weighted by Gasteiger charge is -2.04. The number of para-hydroxylation sites is 1. The molecule has 3 heteroatoms. The first-order chi connectivity index (χ1) is 7.33. The molecule has 2 nitrogen and oxygen atoms in total. The summed E-state index contributed by atoms with van der Waals surface area (Å²) in [5.41, 5.74) is 2.29. The third-order valence-corrected chi connectivity index (χ3v) is 3.23. The normalized spacial score (nSPS) is 11.1. The molecule has 0 aliphatic carbocycles. The number of nitrogens with zero attached hydrogens (tertiary/aromatic N) is 2. The molecule has 0 fully saturated rings. The van der Waals surface area contributed by atoms with Crippen LogP contribution in [0.1, 0.15) is 26.2 Å². The van der Waals surface area contributed by atoms with E-state index in [0.29, 0.717) is 0 Å². The van der Waals surface area contributed by atoms with Crippen LogP contribution in [0.25, 0.3) is 11.0 Å². The molecule has 0 saturated carbocycles. The predicted octanol–water partition coefficient (Wildman–Crippen LogP) is 3.99. The fourth-order valence-corrected chi connectivity index (χ4v) is 2.37. The highest BCUT2D eigenvalue weighted by molar-refractivity contribution is 9.10. The molecule has 0 N–H and O–H groups in total. The number of aromatic nitrogens is 2. The first-order valence-electron chi connectivity index (χ1n) is 5.42. The predicted molar refractivity (Wildman–Crippen MR) is 67.0 cm³/mol. The Kier molecular flexibility index (Phi) is 3.41. The van der Waals surface area contributed by atoms with E-state index in [0.717, 1.165) is 16.5 Å². The first-order valence-corrected chi connectivity index (χ1v) is 6.21. The molecule has 2 rings (SSSR count).